The van der Waals surface area contributed by atoms with Crippen molar-refractivity contribution in [2.75, 3.05) is 18.7 Å². The number of carbonyl (C=O) groups excluding carboxylic acids is 1. The first-order valence-electron chi connectivity index (χ1n) is 7.04. The predicted molar refractivity (Wildman–Crippen MR) is 83.7 cm³/mol. The third-order valence-corrected chi connectivity index (χ3v) is 3.72. The van der Waals surface area contributed by atoms with Gasteiger partial charge in [0.25, 0.3) is 0 Å². The van der Waals surface area contributed by atoms with Crippen molar-refractivity contribution in [3.05, 3.63) is 54.2 Å². The number of aromatic nitrogens is 1. The highest BCUT2D eigenvalue weighted by Gasteiger charge is 2.15. The fourth-order valence-electron chi connectivity index (χ4n) is 2.59. The van der Waals surface area contributed by atoms with E-state index in [-0.39, 0.29) is 19.1 Å². The number of hydrogen-bond acceptors (Lipinski definition) is 4. The van der Waals surface area contributed by atoms with E-state index in [4.69, 9.17) is 9.47 Å². The van der Waals surface area contributed by atoms with Crippen LogP contribution in [0.1, 0.15) is 10.4 Å². The average molecular weight is 294 g/mol. The Morgan fingerprint density at radius 2 is 2.00 bits per heavy atom. The van der Waals surface area contributed by atoms with Gasteiger partial charge in [-0.05, 0) is 18.2 Å². The van der Waals surface area contributed by atoms with Crippen LogP contribution in [0.4, 0.5) is 5.69 Å². The van der Waals surface area contributed by atoms with Crippen molar-refractivity contribution in [3.63, 3.8) is 0 Å². The van der Waals surface area contributed by atoms with Crippen molar-refractivity contribution >= 4 is 22.4 Å². The quantitative estimate of drug-likeness (QED) is 0.725. The van der Waals surface area contributed by atoms with Crippen LogP contribution in [0.3, 0.4) is 0 Å². The van der Waals surface area contributed by atoms with Crippen molar-refractivity contribution in [2.45, 2.75) is 0 Å². The number of rotatable bonds is 4. The largest absolute Gasteiger partial charge is 0.454 e. The van der Waals surface area contributed by atoms with Gasteiger partial charge in [-0.15, -0.1) is 0 Å². The lowest BCUT2D eigenvalue weighted by atomic mass is 10.1. The lowest BCUT2D eigenvalue weighted by Gasteiger charge is -2.06. The third kappa shape index (κ3) is 2.16. The van der Waals surface area contributed by atoms with E-state index in [1.54, 1.807) is 6.20 Å². The van der Waals surface area contributed by atoms with E-state index in [2.05, 4.69) is 10.3 Å². The normalized spacial score (nSPS) is 12.5. The zero-order valence-electron chi connectivity index (χ0n) is 11.8. The van der Waals surface area contributed by atoms with Gasteiger partial charge in [0.2, 0.25) is 6.79 Å². The number of Topliss-reactive ketones (excluding diaryl/α,β-unsaturated/α-hetero) is 1. The summed E-state index contributed by atoms with van der Waals surface area (Å²) >= 11 is 0. The first-order valence-corrected chi connectivity index (χ1v) is 7.04. The Balaban J connectivity index is 1.50. The number of ketones is 1. The molecule has 3 aromatic rings. The predicted octanol–water partition coefficient (Wildman–Crippen LogP) is 3.19. The number of benzene rings is 2. The van der Waals surface area contributed by atoms with E-state index in [1.165, 1.54) is 0 Å². The van der Waals surface area contributed by atoms with Gasteiger partial charge in [0.05, 0.1) is 6.54 Å². The number of carbonyl (C=O) groups is 1. The molecule has 0 fully saturated rings. The average Bonchev–Trinajstić information content (AvgIpc) is 3.18. The molecule has 5 heteroatoms. The molecule has 2 heterocycles. The molecule has 0 amide bonds. The highest BCUT2D eigenvalue weighted by atomic mass is 16.7. The number of ether oxygens (including phenoxy) is 2. The van der Waals surface area contributed by atoms with Gasteiger partial charge in [-0.25, -0.2) is 0 Å². The van der Waals surface area contributed by atoms with Crippen LogP contribution in [0.2, 0.25) is 0 Å². The molecule has 0 radical (unpaired) electrons. The molecular weight excluding hydrogens is 280 g/mol. The van der Waals surface area contributed by atoms with E-state index >= 15 is 0 Å². The molecule has 0 bridgehead atoms. The summed E-state index contributed by atoms with van der Waals surface area (Å²) in [6, 6.07) is 13.3. The summed E-state index contributed by atoms with van der Waals surface area (Å²) in [5, 5.41) is 4.07. The Morgan fingerprint density at radius 1 is 1.14 bits per heavy atom. The zero-order chi connectivity index (χ0) is 14.9. The summed E-state index contributed by atoms with van der Waals surface area (Å²) in [7, 11) is 0. The second-order valence-electron chi connectivity index (χ2n) is 5.09. The van der Waals surface area contributed by atoms with Crippen molar-refractivity contribution in [1.29, 1.82) is 0 Å². The molecule has 0 unspecified atom stereocenters. The number of anilines is 1. The molecule has 0 aliphatic carbocycles. The zero-order valence-corrected chi connectivity index (χ0v) is 11.8. The Morgan fingerprint density at radius 3 is 2.95 bits per heavy atom. The molecule has 5 nitrogen and oxygen atoms in total. The molecule has 110 valence electrons. The fourth-order valence-corrected chi connectivity index (χ4v) is 2.59. The van der Waals surface area contributed by atoms with Crippen LogP contribution >= 0.6 is 0 Å². The Hall–Kier alpha value is -2.95. The molecule has 1 aliphatic rings. The molecule has 0 saturated carbocycles. The standard InChI is InChI=1S/C17H14N2O3/c20-15(13-8-19-14-4-2-1-3-12(13)14)9-18-11-5-6-16-17(7-11)22-10-21-16/h1-8,18-19H,9-10H2. The van der Waals surface area contributed by atoms with Crippen molar-refractivity contribution in [1.82, 2.24) is 4.98 Å². The van der Waals surface area contributed by atoms with E-state index in [1.807, 2.05) is 42.5 Å². The minimum atomic E-state index is 0.0371. The van der Waals surface area contributed by atoms with Gasteiger partial charge in [-0.3, -0.25) is 4.79 Å². The number of aromatic amines is 1. The summed E-state index contributed by atoms with van der Waals surface area (Å²) in [5.74, 6) is 1.47. The van der Waals surface area contributed by atoms with Gasteiger partial charge in [-0.2, -0.15) is 0 Å². The fraction of sp³-hybridized carbons (Fsp3) is 0.118. The van der Waals surface area contributed by atoms with Crippen LogP contribution in [0, 0.1) is 0 Å². The van der Waals surface area contributed by atoms with E-state index in [0.29, 0.717) is 11.3 Å². The number of fused-ring (bicyclic) bond motifs is 2. The SMILES string of the molecule is O=C(CNc1ccc2c(c1)OCO2)c1c[nH]c2ccccc12. The van der Waals surface area contributed by atoms with Gasteiger partial charge < -0.3 is 19.8 Å². The second kappa shape index (κ2) is 5.11. The van der Waals surface area contributed by atoms with Gasteiger partial charge >= 0.3 is 0 Å². The number of nitrogens with one attached hydrogen (secondary N) is 2. The van der Waals surface area contributed by atoms with Gasteiger partial charge in [0.15, 0.2) is 17.3 Å². The maximum Gasteiger partial charge on any atom is 0.231 e. The second-order valence-corrected chi connectivity index (χ2v) is 5.09. The van der Waals surface area contributed by atoms with E-state index in [9.17, 15) is 4.79 Å². The first-order chi connectivity index (χ1) is 10.8. The van der Waals surface area contributed by atoms with Crippen LogP contribution in [0.25, 0.3) is 10.9 Å². The lowest BCUT2D eigenvalue weighted by molar-refractivity contribution is 0.101. The van der Waals surface area contributed by atoms with Crippen LogP contribution in [0.5, 0.6) is 11.5 Å². The monoisotopic (exact) mass is 294 g/mol. The summed E-state index contributed by atoms with van der Waals surface area (Å²) in [5.41, 5.74) is 2.50. The number of para-hydroxylation sites is 1. The number of hydrogen-bond donors (Lipinski definition) is 2. The molecule has 2 N–H and O–H groups in total. The highest BCUT2D eigenvalue weighted by molar-refractivity contribution is 6.09. The molecule has 0 saturated heterocycles. The summed E-state index contributed by atoms with van der Waals surface area (Å²) < 4.78 is 10.6. The Kier molecular flexibility index (Phi) is 2.96. The van der Waals surface area contributed by atoms with Crippen LogP contribution in [-0.2, 0) is 0 Å². The lowest BCUT2D eigenvalue weighted by Crippen LogP contribution is -2.13. The van der Waals surface area contributed by atoms with Crippen LogP contribution < -0.4 is 14.8 Å². The van der Waals surface area contributed by atoms with Crippen molar-refractivity contribution in [3.8, 4) is 11.5 Å². The van der Waals surface area contributed by atoms with Gasteiger partial charge in [0, 0.05) is 34.4 Å². The Bertz CT molecular complexity index is 854. The topological polar surface area (TPSA) is 63.4 Å². The number of H-pyrrole nitrogens is 1. The molecule has 0 atom stereocenters. The van der Waals surface area contributed by atoms with Crippen molar-refractivity contribution in [2.24, 2.45) is 0 Å². The van der Waals surface area contributed by atoms with E-state index in [0.717, 1.165) is 22.3 Å². The maximum atomic E-state index is 12.4. The highest BCUT2D eigenvalue weighted by Crippen LogP contribution is 2.34. The minimum absolute atomic E-state index is 0.0371. The molecule has 0 spiro atoms. The summed E-state index contributed by atoms with van der Waals surface area (Å²) in [6.07, 6.45) is 1.76. The molecule has 1 aromatic heterocycles. The van der Waals surface area contributed by atoms with Gasteiger partial charge in [-0.1, -0.05) is 18.2 Å². The summed E-state index contributed by atoms with van der Waals surface area (Å²) in [4.78, 5) is 15.5. The molecule has 2 aromatic carbocycles. The molecular formula is C17H14N2O3. The molecule has 22 heavy (non-hydrogen) atoms. The smallest absolute Gasteiger partial charge is 0.231 e. The van der Waals surface area contributed by atoms with Crippen molar-refractivity contribution < 1.29 is 14.3 Å². The molecule has 4 rings (SSSR count). The minimum Gasteiger partial charge on any atom is -0.454 e. The Labute approximate surface area is 126 Å². The maximum absolute atomic E-state index is 12.4. The summed E-state index contributed by atoms with van der Waals surface area (Å²) in [6.45, 7) is 0.467. The van der Waals surface area contributed by atoms with Gasteiger partial charge in [0.1, 0.15) is 0 Å². The van der Waals surface area contributed by atoms with E-state index < -0.39 is 0 Å². The van der Waals surface area contributed by atoms with Crippen LogP contribution in [0.15, 0.2) is 48.7 Å². The molecule has 1 aliphatic heterocycles. The van der Waals surface area contributed by atoms with Crippen LogP contribution in [-0.4, -0.2) is 24.1 Å². The first kappa shape index (κ1) is 12.8. The third-order valence-electron chi connectivity index (χ3n) is 3.72.